The molecule has 2 fully saturated rings. The Labute approximate surface area is 136 Å². The zero-order valence-electron chi connectivity index (χ0n) is 12.2. The van der Waals surface area contributed by atoms with Crippen LogP contribution >= 0.6 is 23.2 Å². The predicted molar refractivity (Wildman–Crippen MR) is 85.9 cm³/mol. The topological polar surface area (TPSA) is 29.5 Å². The van der Waals surface area contributed by atoms with Crippen LogP contribution in [0.15, 0.2) is 18.2 Å². The maximum atomic E-state index is 10.8. The molecule has 2 aliphatic rings. The molecule has 1 aromatic rings. The van der Waals surface area contributed by atoms with Crippen LogP contribution < -0.4 is 0 Å². The lowest BCUT2D eigenvalue weighted by Crippen LogP contribution is -2.42. The quantitative estimate of drug-likeness (QED) is 0.812. The molecule has 1 N–H and O–H groups in total. The van der Waals surface area contributed by atoms with E-state index in [1.54, 1.807) is 18.2 Å². The van der Waals surface area contributed by atoms with Crippen molar-refractivity contribution in [3.05, 3.63) is 33.8 Å². The summed E-state index contributed by atoms with van der Waals surface area (Å²) in [4.78, 5) is 0. The molecule has 21 heavy (non-hydrogen) atoms. The van der Waals surface area contributed by atoms with Gasteiger partial charge in [-0.25, -0.2) is 0 Å². The van der Waals surface area contributed by atoms with Gasteiger partial charge in [0.1, 0.15) is 0 Å². The smallest absolute Gasteiger partial charge is 0.0835 e. The summed E-state index contributed by atoms with van der Waals surface area (Å²) in [6.07, 6.45) is 7.28. The van der Waals surface area contributed by atoms with Gasteiger partial charge in [0.05, 0.1) is 11.7 Å². The number of benzene rings is 1. The number of hydrogen-bond donors (Lipinski definition) is 1. The van der Waals surface area contributed by atoms with Gasteiger partial charge in [0.2, 0.25) is 0 Å². The zero-order valence-corrected chi connectivity index (χ0v) is 13.7. The molecule has 2 nitrogen and oxygen atoms in total. The van der Waals surface area contributed by atoms with Crippen molar-refractivity contribution >= 4 is 23.2 Å². The van der Waals surface area contributed by atoms with Crippen molar-refractivity contribution in [1.29, 1.82) is 0 Å². The number of aliphatic hydroxyl groups excluding tert-OH is 1. The number of ether oxygens (including phenoxy) is 1. The molecule has 2 unspecified atom stereocenters. The van der Waals surface area contributed by atoms with Crippen LogP contribution in [0.4, 0.5) is 0 Å². The molecule has 0 amide bonds. The standard InChI is InChI=1S/C17H22Cl2O2/c18-13-4-5-15(19)14(10-13)16(20)12-6-9-21-17(11-12)7-2-1-3-8-17/h4-5,10,12,16,20H,1-3,6-9,11H2. The van der Waals surface area contributed by atoms with Crippen LogP contribution in [0, 0.1) is 5.92 Å². The average Bonchev–Trinajstić information content (AvgIpc) is 2.50. The Morgan fingerprint density at radius 1 is 1.19 bits per heavy atom. The highest BCUT2D eigenvalue weighted by Crippen LogP contribution is 2.45. The van der Waals surface area contributed by atoms with E-state index in [9.17, 15) is 5.11 Å². The van der Waals surface area contributed by atoms with Gasteiger partial charge in [-0.1, -0.05) is 42.5 Å². The second-order valence-electron chi connectivity index (χ2n) is 6.46. The molecule has 1 aromatic carbocycles. The molecule has 1 saturated carbocycles. The third-order valence-electron chi connectivity index (χ3n) is 5.02. The van der Waals surface area contributed by atoms with E-state index in [1.165, 1.54) is 19.3 Å². The van der Waals surface area contributed by atoms with Gasteiger partial charge < -0.3 is 9.84 Å². The third kappa shape index (κ3) is 3.39. The van der Waals surface area contributed by atoms with Crippen molar-refractivity contribution < 1.29 is 9.84 Å². The van der Waals surface area contributed by atoms with Crippen LogP contribution in [-0.2, 0) is 4.74 Å². The molecular weight excluding hydrogens is 307 g/mol. The first-order valence-electron chi connectivity index (χ1n) is 7.87. The Hall–Kier alpha value is -0.280. The minimum atomic E-state index is -0.557. The van der Waals surface area contributed by atoms with Crippen LogP contribution in [-0.4, -0.2) is 17.3 Å². The molecule has 4 heteroatoms. The van der Waals surface area contributed by atoms with Gasteiger partial charge in [-0.15, -0.1) is 0 Å². The van der Waals surface area contributed by atoms with Gasteiger partial charge in [0.15, 0.2) is 0 Å². The molecule has 1 aliphatic heterocycles. The first kappa shape index (κ1) is 15.6. The van der Waals surface area contributed by atoms with E-state index in [2.05, 4.69) is 0 Å². The monoisotopic (exact) mass is 328 g/mol. The first-order chi connectivity index (χ1) is 10.1. The summed E-state index contributed by atoms with van der Waals surface area (Å²) in [5, 5.41) is 12.0. The molecule has 1 heterocycles. The largest absolute Gasteiger partial charge is 0.388 e. The van der Waals surface area contributed by atoms with Gasteiger partial charge in [0.25, 0.3) is 0 Å². The minimum absolute atomic E-state index is 0.00675. The van der Waals surface area contributed by atoms with Crippen LogP contribution in [0.5, 0.6) is 0 Å². The summed E-state index contributed by atoms with van der Waals surface area (Å²) >= 11 is 12.3. The molecule has 116 valence electrons. The van der Waals surface area contributed by atoms with Crippen LogP contribution in [0.3, 0.4) is 0 Å². The Morgan fingerprint density at radius 3 is 2.71 bits per heavy atom. The highest BCUT2D eigenvalue weighted by atomic mass is 35.5. The lowest BCUT2D eigenvalue weighted by atomic mass is 9.74. The van der Waals surface area contributed by atoms with Crippen molar-refractivity contribution in [2.75, 3.05) is 6.61 Å². The van der Waals surface area contributed by atoms with Crippen molar-refractivity contribution in [2.45, 2.75) is 56.7 Å². The molecule has 2 atom stereocenters. The van der Waals surface area contributed by atoms with Crippen LogP contribution in [0.2, 0.25) is 10.0 Å². The van der Waals surface area contributed by atoms with Crippen LogP contribution in [0.25, 0.3) is 0 Å². The van der Waals surface area contributed by atoms with Gasteiger partial charge in [-0.3, -0.25) is 0 Å². The summed E-state index contributed by atoms with van der Waals surface area (Å²) in [6.45, 7) is 0.736. The van der Waals surface area contributed by atoms with E-state index in [4.69, 9.17) is 27.9 Å². The van der Waals surface area contributed by atoms with E-state index in [0.717, 1.165) is 37.9 Å². The van der Waals surface area contributed by atoms with Gasteiger partial charge in [-0.05, 0) is 49.8 Å². The normalized spacial score (nSPS) is 26.7. The molecular formula is C17H22Cl2O2. The van der Waals surface area contributed by atoms with Gasteiger partial charge >= 0.3 is 0 Å². The minimum Gasteiger partial charge on any atom is -0.388 e. The Morgan fingerprint density at radius 2 is 1.95 bits per heavy atom. The van der Waals surface area contributed by atoms with E-state index >= 15 is 0 Å². The van der Waals surface area contributed by atoms with E-state index in [0.29, 0.717) is 10.0 Å². The van der Waals surface area contributed by atoms with Crippen molar-refractivity contribution in [3.8, 4) is 0 Å². The fourth-order valence-corrected chi connectivity index (χ4v) is 4.28. The maximum Gasteiger partial charge on any atom is 0.0835 e. The molecule has 1 spiro atoms. The fraction of sp³-hybridized carbons (Fsp3) is 0.647. The molecule has 1 saturated heterocycles. The number of rotatable bonds is 2. The van der Waals surface area contributed by atoms with E-state index < -0.39 is 6.10 Å². The molecule has 1 aliphatic carbocycles. The summed E-state index contributed by atoms with van der Waals surface area (Å²) in [5.41, 5.74) is 0.745. The fourth-order valence-electron chi connectivity index (χ4n) is 3.87. The maximum absolute atomic E-state index is 10.8. The van der Waals surface area contributed by atoms with Crippen molar-refractivity contribution in [1.82, 2.24) is 0 Å². The SMILES string of the molecule is OC(c1cc(Cl)ccc1Cl)C1CCOC2(CCCCC2)C1. The second kappa shape index (κ2) is 6.45. The Kier molecular flexibility index (Phi) is 4.80. The van der Waals surface area contributed by atoms with E-state index in [-0.39, 0.29) is 11.5 Å². The van der Waals surface area contributed by atoms with E-state index in [1.807, 2.05) is 0 Å². The molecule has 3 rings (SSSR count). The number of hydrogen-bond acceptors (Lipinski definition) is 2. The lowest BCUT2D eigenvalue weighted by Gasteiger charge is -2.44. The van der Waals surface area contributed by atoms with Gasteiger partial charge in [-0.2, -0.15) is 0 Å². The Bertz CT molecular complexity index is 492. The van der Waals surface area contributed by atoms with Crippen molar-refractivity contribution in [2.24, 2.45) is 5.92 Å². The summed E-state index contributed by atoms with van der Waals surface area (Å²) < 4.78 is 6.11. The average molecular weight is 329 g/mol. The molecule has 0 radical (unpaired) electrons. The van der Waals surface area contributed by atoms with Crippen molar-refractivity contribution in [3.63, 3.8) is 0 Å². The predicted octanol–water partition coefficient (Wildman–Crippen LogP) is 5.16. The second-order valence-corrected chi connectivity index (χ2v) is 7.30. The third-order valence-corrected chi connectivity index (χ3v) is 5.60. The molecule has 0 bridgehead atoms. The summed E-state index contributed by atoms with van der Waals surface area (Å²) in [5.74, 6) is 0.202. The first-order valence-corrected chi connectivity index (χ1v) is 8.62. The highest BCUT2D eigenvalue weighted by molar-refractivity contribution is 6.33. The molecule has 0 aromatic heterocycles. The van der Waals surface area contributed by atoms with Gasteiger partial charge in [0, 0.05) is 22.2 Å². The Balaban J connectivity index is 1.77. The lowest BCUT2D eigenvalue weighted by molar-refractivity contribution is -0.134. The number of halogens is 2. The zero-order chi connectivity index (χ0) is 14.9. The number of aliphatic hydroxyl groups is 1. The van der Waals surface area contributed by atoms with Crippen LogP contribution in [0.1, 0.15) is 56.6 Å². The summed E-state index contributed by atoms with van der Waals surface area (Å²) in [7, 11) is 0. The summed E-state index contributed by atoms with van der Waals surface area (Å²) in [6, 6.07) is 5.31. The highest BCUT2D eigenvalue weighted by Gasteiger charge is 2.41.